The van der Waals surface area contributed by atoms with Crippen LogP contribution >= 0.6 is 15.9 Å². The first kappa shape index (κ1) is 13.9. The quantitative estimate of drug-likeness (QED) is 0.866. The molecule has 6 heteroatoms. The number of halogens is 1. The van der Waals surface area contributed by atoms with Gasteiger partial charge in [0.15, 0.2) is 11.5 Å². The van der Waals surface area contributed by atoms with Crippen LogP contribution in [0, 0.1) is 0 Å². The molecular weight excluding hydrogens is 336 g/mol. The predicted octanol–water partition coefficient (Wildman–Crippen LogP) is 3.06. The highest BCUT2D eigenvalue weighted by Crippen LogP contribution is 2.34. The van der Waals surface area contributed by atoms with Gasteiger partial charge in [0.1, 0.15) is 4.60 Å². The summed E-state index contributed by atoms with van der Waals surface area (Å²) in [4.78, 5) is 16.2. The molecular formula is C15H13BrN2O3. The molecule has 0 fully saturated rings. The summed E-state index contributed by atoms with van der Waals surface area (Å²) in [5.74, 6) is 1.27. The summed E-state index contributed by atoms with van der Waals surface area (Å²) in [5.41, 5.74) is 1.48. The van der Waals surface area contributed by atoms with E-state index in [1.54, 1.807) is 12.1 Å². The molecule has 1 aliphatic heterocycles. The number of nitrogens with one attached hydrogen (secondary N) is 1. The van der Waals surface area contributed by atoms with Gasteiger partial charge in [-0.1, -0.05) is 6.07 Å². The second kappa shape index (κ2) is 5.73. The molecule has 1 N–H and O–H groups in total. The number of benzene rings is 1. The van der Waals surface area contributed by atoms with Crippen LogP contribution in [0.25, 0.3) is 0 Å². The highest BCUT2D eigenvalue weighted by Gasteiger charge is 2.17. The lowest BCUT2D eigenvalue weighted by Crippen LogP contribution is -2.26. The number of pyridine rings is 1. The summed E-state index contributed by atoms with van der Waals surface area (Å²) < 4.78 is 11.3. The lowest BCUT2D eigenvalue weighted by Gasteiger charge is -2.14. The van der Waals surface area contributed by atoms with Gasteiger partial charge in [-0.05, 0) is 52.7 Å². The van der Waals surface area contributed by atoms with Gasteiger partial charge in [0.25, 0.3) is 5.91 Å². The maximum Gasteiger partial charge on any atom is 0.253 e. The van der Waals surface area contributed by atoms with Crippen LogP contribution in [0.2, 0.25) is 0 Å². The molecule has 3 rings (SSSR count). The van der Waals surface area contributed by atoms with E-state index in [4.69, 9.17) is 9.47 Å². The lowest BCUT2D eigenvalue weighted by atomic mass is 10.1. The van der Waals surface area contributed by atoms with Gasteiger partial charge in [0.05, 0.1) is 11.6 Å². The van der Waals surface area contributed by atoms with Crippen molar-refractivity contribution in [2.75, 3.05) is 6.79 Å². The van der Waals surface area contributed by atoms with Crippen molar-refractivity contribution in [1.29, 1.82) is 0 Å². The second-order valence-corrected chi connectivity index (χ2v) is 5.49. The predicted molar refractivity (Wildman–Crippen MR) is 80.4 cm³/mol. The fraction of sp³-hybridized carbons (Fsp3) is 0.200. The van der Waals surface area contributed by atoms with E-state index in [-0.39, 0.29) is 18.7 Å². The zero-order valence-corrected chi connectivity index (χ0v) is 12.9. The maximum absolute atomic E-state index is 12.2. The van der Waals surface area contributed by atoms with Crippen LogP contribution in [0.3, 0.4) is 0 Å². The molecule has 21 heavy (non-hydrogen) atoms. The van der Waals surface area contributed by atoms with Crippen molar-refractivity contribution < 1.29 is 14.3 Å². The van der Waals surface area contributed by atoms with Gasteiger partial charge >= 0.3 is 0 Å². The molecule has 1 atom stereocenters. The summed E-state index contributed by atoms with van der Waals surface area (Å²) in [6.07, 6.45) is 1.53. The third-order valence-corrected chi connectivity index (χ3v) is 3.70. The fourth-order valence-corrected chi connectivity index (χ4v) is 2.29. The number of rotatable bonds is 3. The van der Waals surface area contributed by atoms with Crippen molar-refractivity contribution in [3.8, 4) is 11.5 Å². The minimum atomic E-state index is -0.167. The normalized spacial score (nSPS) is 13.8. The molecule has 0 saturated carbocycles. The van der Waals surface area contributed by atoms with Crippen molar-refractivity contribution >= 4 is 21.8 Å². The number of fused-ring (bicyclic) bond motifs is 1. The van der Waals surface area contributed by atoms with Gasteiger partial charge in [-0.15, -0.1) is 0 Å². The van der Waals surface area contributed by atoms with E-state index in [1.165, 1.54) is 6.20 Å². The fourth-order valence-electron chi connectivity index (χ4n) is 2.06. The first-order valence-electron chi connectivity index (χ1n) is 6.45. The molecule has 5 nitrogen and oxygen atoms in total. The smallest absolute Gasteiger partial charge is 0.253 e. The van der Waals surface area contributed by atoms with Crippen LogP contribution in [-0.2, 0) is 0 Å². The third kappa shape index (κ3) is 3.00. The van der Waals surface area contributed by atoms with Crippen LogP contribution in [0.1, 0.15) is 28.9 Å². The summed E-state index contributed by atoms with van der Waals surface area (Å²) >= 11 is 3.24. The first-order chi connectivity index (χ1) is 10.1. The Morgan fingerprint density at radius 3 is 2.86 bits per heavy atom. The number of hydrogen-bond donors (Lipinski definition) is 1. The number of hydrogen-bond acceptors (Lipinski definition) is 4. The Morgan fingerprint density at radius 1 is 1.29 bits per heavy atom. The Labute approximate surface area is 130 Å². The van der Waals surface area contributed by atoms with E-state index in [9.17, 15) is 4.79 Å². The van der Waals surface area contributed by atoms with Gasteiger partial charge < -0.3 is 14.8 Å². The number of carbonyl (C=O) groups is 1. The molecule has 1 aromatic carbocycles. The topological polar surface area (TPSA) is 60.5 Å². The average molecular weight is 349 g/mol. The summed E-state index contributed by atoms with van der Waals surface area (Å²) in [5, 5.41) is 2.93. The minimum absolute atomic E-state index is 0.143. The molecule has 1 aromatic heterocycles. The number of carbonyl (C=O) groups excluding carboxylic acids is 1. The van der Waals surface area contributed by atoms with Gasteiger partial charge in [0.2, 0.25) is 6.79 Å². The Balaban J connectivity index is 1.72. The first-order valence-corrected chi connectivity index (χ1v) is 7.25. The number of aromatic nitrogens is 1. The van der Waals surface area contributed by atoms with Crippen LogP contribution in [0.15, 0.2) is 41.1 Å². The standard InChI is InChI=1S/C15H13BrN2O3/c1-9(10-2-4-12-13(6-10)21-8-20-12)18-15(19)11-3-5-14(16)17-7-11/h2-7,9H,8H2,1H3,(H,18,19). The van der Waals surface area contributed by atoms with E-state index in [0.29, 0.717) is 15.9 Å². The molecule has 0 radical (unpaired) electrons. The lowest BCUT2D eigenvalue weighted by molar-refractivity contribution is 0.0939. The van der Waals surface area contributed by atoms with Crippen LogP contribution in [-0.4, -0.2) is 17.7 Å². The zero-order valence-electron chi connectivity index (χ0n) is 11.3. The highest BCUT2D eigenvalue weighted by atomic mass is 79.9. The van der Waals surface area contributed by atoms with Crippen molar-refractivity contribution in [3.63, 3.8) is 0 Å². The van der Waals surface area contributed by atoms with Crippen LogP contribution in [0.4, 0.5) is 0 Å². The SMILES string of the molecule is CC(NC(=O)c1ccc(Br)nc1)c1ccc2c(c1)OCO2. The van der Waals surface area contributed by atoms with E-state index >= 15 is 0 Å². The van der Waals surface area contributed by atoms with Crippen molar-refractivity contribution in [2.45, 2.75) is 13.0 Å². The van der Waals surface area contributed by atoms with Crippen molar-refractivity contribution in [3.05, 3.63) is 52.3 Å². The Kier molecular flexibility index (Phi) is 3.79. The maximum atomic E-state index is 12.2. The summed E-state index contributed by atoms with van der Waals surface area (Å²) in [6, 6.07) is 8.96. The van der Waals surface area contributed by atoms with E-state index in [0.717, 1.165) is 11.3 Å². The number of amides is 1. The molecule has 0 aliphatic carbocycles. The molecule has 1 unspecified atom stereocenters. The molecule has 1 aliphatic rings. The van der Waals surface area contributed by atoms with E-state index in [2.05, 4.69) is 26.2 Å². The molecule has 2 heterocycles. The minimum Gasteiger partial charge on any atom is -0.454 e. The Morgan fingerprint density at radius 2 is 2.10 bits per heavy atom. The van der Waals surface area contributed by atoms with Gasteiger partial charge in [-0.2, -0.15) is 0 Å². The van der Waals surface area contributed by atoms with E-state index < -0.39 is 0 Å². The van der Waals surface area contributed by atoms with Gasteiger partial charge in [0, 0.05) is 6.20 Å². The number of ether oxygens (including phenoxy) is 2. The van der Waals surface area contributed by atoms with Crippen molar-refractivity contribution in [1.82, 2.24) is 10.3 Å². The molecule has 1 amide bonds. The monoisotopic (exact) mass is 348 g/mol. The average Bonchev–Trinajstić information content (AvgIpc) is 2.95. The van der Waals surface area contributed by atoms with Gasteiger partial charge in [-0.3, -0.25) is 4.79 Å². The van der Waals surface area contributed by atoms with Crippen LogP contribution < -0.4 is 14.8 Å². The van der Waals surface area contributed by atoms with Gasteiger partial charge in [-0.25, -0.2) is 4.98 Å². The molecule has 0 spiro atoms. The van der Waals surface area contributed by atoms with Crippen molar-refractivity contribution in [2.24, 2.45) is 0 Å². The third-order valence-electron chi connectivity index (χ3n) is 3.23. The summed E-state index contributed by atoms with van der Waals surface area (Å²) in [6.45, 7) is 2.16. The zero-order chi connectivity index (χ0) is 14.8. The molecule has 0 bridgehead atoms. The molecule has 0 saturated heterocycles. The highest BCUT2D eigenvalue weighted by molar-refractivity contribution is 9.10. The Bertz CT molecular complexity index is 673. The number of nitrogens with zero attached hydrogens (tertiary/aromatic N) is 1. The Hall–Kier alpha value is -2.08. The van der Waals surface area contributed by atoms with Crippen LogP contribution in [0.5, 0.6) is 11.5 Å². The molecule has 108 valence electrons. The van der Waals surface area contributed by atoms with E-state index in [1.807, 2.05) is 25.1 Å². The largest absolute Gasteiger partial charge is 0.454 e. The second-order valence-electron chi connectivity index (χ2n) is 4.68. The molecule has 2 aromatic rings. The summed E-state index contributed by atoms with van der Waals surface area (Å²) in [7, 11) is 0.